The van der Waals surface area contributed by atoms with Crippen molar-refractivity contribution in [3.63, 3.8) is 0 Å². The van der Waals surface area contributed by atoms with Gasteiger partial charge in [0, 0.05) is 18.2 Å². The monoisotopic (exact) mass is 358 g/mol. The molecule has 1 N–H and O–H groups in total. The molecule has 3 rings (SSSR count). The number of amides is 1. The highest BCUT2D eigenvalue weighted by molar-refractivity contribution is 7.99. The maximum Gasteiger partial charge on any atom is 0.234 e. The molecular weight excluding hydrogens is 332 g/mol. The number of benzene rings is 1. The summed E-state index contributed by atoms with van der Waals surface area (Å²) in [6.07, 6.45) is 3.45. The van der Waals surface area contributed by atoms with Gasteiger partial charge in [0.2, 0.25) is 5.91 Å². The minimum absolute atomic E-state index is 0.000576. The van der Waals surface area contributed by atoms with E-state index in [1.807, 2.05) is 18.2 Å². The van der Waals surface area contributed by atoms with Gasteiger partial charge in [-0.2, -0.15) is 0 Å². The second-order valence-electron chi connectivity index (χ2n) is 6.59. The zero-order valence-corrected chi connectivity index (χ0v) is 16.0. The van der Waals surface area contributed by atoms with Gasteiger partial charge >= 0.3 is 0 Å². The zero-order chi connectivity index (χ0) is 17.8. The van der Waals surface area contributed by atoms with Crippen molar-refractivity contribution in [2.75, 3.05) is 11.1 Å². The summed E-state index contributed by atoms with van der Waals surface area (Å²) in [7, 11) is 0. The number of anilines is 1. The van der Waals surface area contributed by atoms with Gasteiger partial charge in [-0.25, -0.2) is 0 Å². The molecule has 0 unspecified atom stereocenters. The fourth-order valence-electron chi connectivity index (χ4n) is 2.92. The summed E-state index contributed by atoms with van der Waals surface area (Å²) in [6, 6.07) is 8.05. The summed E-state index contributed by atoms with van der Waals surface area (Å²) < 4.78 is 2.14. The van der Waals surface area contributed by atoms with Crippen molar-refractivity contribution >= 4 is 23.4 Å². The van der Waals surface area contributed by atoms with Crippen LogP contribution < -0.4 is 5.32 Å². The summed E-state index contributed by atoms with van der Waals surface area (Å²) in [4.78, 5) is 12.4. The van der Waals surface area contributed by atoms with Gasteiger partial charge in [0.25, 0.3) is 0 Å². The van der Waals surface area contributed by atoms with Gasteiger partial charge in [0.1, 0.15) is 5.82 Å². The van der Waals surface area contributed by atoms with E-state index in [9.17, 15) is 4.79 Å². The Hall–Kier alpha value is -1.82. The molecule has 1 saturated carbocycles. The Labute approximate surface area is 153 Å². The van der Waals surface area contributed by atoms with Crippen LogP contribution in [0.1, 0.15) is 63.3 Å². The smallest absolute Gasteiger partial charge is 0.234 e. The Morgan fingerprint density at radius 3 is 2.76 bits per heavy atom. The van der Waals surface area contributed by atoms with Crippen LogP contribution in [0.25, 0.3) is 0 Å². The van der Waals surface area contributed by atoms with Crippen LogP contribution in [0.15, 0.2) is 29.4 Å². The summed E-state index contributed by atoms with van der Waals surface area (Å²) in [5.41, 5.74) is 2.11. The van der Waals surface area contributed by atoms with E-state index >= 15 is 0 Å². The zero-order valence-electron chi connectivity index (χ0n) is 15.2. The molecule has 1 aliphatic carbocycles. The quantitative estimate of drug-likeness (QED) is 0.710. The largest absolute Gasteiger partial charge is 0.325 e. The van der Waals surface area contributed by atoms with E-state index in [4.69, 9.17) is 0 Å². The predicted molar refractivity (Wildman–Crippen MR) is 102 cm³/mol. The van der Waals surface area contributed by atoms with E-state index < -0.39 is 0 Å². The summed E-state index contributed by atoms with van der Waals surface area (Å²) in [5.74, 6) is 2.41. The van der Waals surface area contributed by atoms with Crippen molar-refractivity contribution in [1.29, 1.82) is 0 Å². The van der Waals surface area contributed by atoms with Crippen LogP contribution in [-0.2, 0) is 11.3 Å². The first-order valence-corrected chi connectivity index (χ1v) is 10.1. The third kappa shape index (κ3) is 4.24. The van der Waals surface area contributed by atoms with Crippen molar-refractivity contribution < 1.29 is 4.79 Å². The average Bonchev–Trinajstić information content (AvgIpc) is 3.39. The lowest BCUT2D eigenvalue weighted by atomic mass is 9.97. The number of hydrogen-bond donors (Lipinski definition) is 1. The van der Waals surface area contributed by atoms with Crippen molar-refractivity contribution in [2.24, 2.45) is 0 Å². The predicted octanol–water partition coefficient (Wildman–Crippen LogP) is 4.42. The molecule has 6 heteroatoms. The van der Waals surface area contributed by atoms with Crippen molar-refractivity contribution in [2.45, 2.75) is 63.6 Å². The molecule has 1 aliphatic rings. The van der Waals surface area contributed by atoms with E-state index in [1.165, 1.54) is 30.2 Å². The van der Waals surface area contributed by atoms with Gasteiger partial charge in [-0.05, 0) is 43.7 Å². The highest BCUT2D eigenvalue weighted by Crippen LogP contribution is 2.40. The molecule has 2 aromatic rings. The van der Waals surface area contributed by atoms with Crippen LogP contribution in [-0.4, -0.2) is 26.4 Å². The van der Waals surface area contributed by atoms with Crippen molar-refractivity contribution in [3.8, 4) is 0 Å². The third-order valence-electron chi connectivity index (χ3n) is 4.71. The molecule has 1 fully saturated rings. The number of nitrogens with one attached hydrogen (secondary N) is 1. The topological polar surface area (TPSA) is 59.8 Å². The van der Waals surface area contributed by atoms with Crippen LogP contribution in [0, 0.1) is 0 Å². The lowest BCUT2D eigenvalue weighted by Crippen LogP contribution is -2.16. The molecule has 0 radical (unpaired) electrons. The first kappa shape index (κ1) is 18.0. The molecular formula is C19H26N4OS. The Bertz CT molecular complexity index is 739. The van der Waals surface area contributed by atoms with Gasteiger partial charge in [-0.1, -0.05) is 43.8 Å². The van der Waals surface area contributed by atoms with E-state index in [2.05, 4.69) is 46.9 Å². The highest BCUT2D eigenvalue weighted by Gasteiger charge is 2.30. The molecule has 5 nitrogen and oxygen atoms in total. The number of nitrogens with zero attached hydrogens (tertiary/aromatic N) is 3. The molecule has 1 amide bonds. The van der Waals surface area contributed by atoms with E-state index in [0.29, 0.717) is 17.6 Å². The number of aromatic nitrogens is 3. The fourth-order valence-corrected chi connectivity index (χ4v) is 3.73. The summed E-state index contributed by atoms with van der Waals surface area (Å²) in [5, 5.41) is 12.5. The number of hydrogen-bond acceptors (Lipinski definition) is 4. The van der Waals surface area contributed by atoms with E-state index in [-0.39, 0.29) is 5.91 Å². The number of para-hydroxylation sites is 1. The number of rotatable bonds is 8. The molecule has 0 bridgehead atoms. The Morgan fingerprint density at radius 2 is 2.08 bits per heavy atom. The van der Waals surface area contributed by atoms with E-state index in [0.717, 1.165) is 29.6 Å². The highest BCUT2D eigenvalue weighted by atomic mass is 32.2. The Kier molecular flexibility index (Phi) is 5.78. The van der Waals surface area contributed by atoms with Gasteiger partial charge in [0.15, 0.2) is 5.16 Å². The van der Waals surface area contributed by atoms with E-state index in [1.54, 1.807) is 0 Å². The molecule has 1 aromatic carbocycles. The van der Waals surface area contributed by atoms with Crippen LogP contribution in [0.5, 0.6) is 0 Å². The van der Waals surface area contributed by atoms with Crippen molar-refractivity contribution in [3.05, 3.63) is 35.7 Å². The maximum absolute atomic E-state index is 12.4. The number of carbonyl (C=O) groups excluding carboxylic acids is 1. The van der Waals surface area contributed by atoms with Gasteiger partial charge in [-0.15, -0.1) is 10.2 Å². The Morgan fingerprint density at radius 1 is 1.32 bits per heavy atom. The fraction of sp³-hybridized carbons (Fsp3) is 0.526. The first-order valence-electron chi connectivity index (χ1n) is 9.08. The van der Waals surface area contributed by atoms with Gasteiger partial charge in [0.05, 0.1) is 5.75 Å². The molecule has 0 saturated heterocycles. The maximum atomic E-state index is 12.4. The second kappa shape index (κ2) is 8.04. The molecule has 1 aromatic heterocycles. The lowest BCUT2D eigenvalue weighted by Gasteiger charge is -2.15. The second-order valence-corrected chi connectivity index (χ2v) is 7.54. The van der Waals surface area contributed by atoms with Crippen LogP contribution in [0.3, 0.4) is 0 Å². The minimum atomic E-state index is -0.000576. The third-order valence-corrected chi connectivity index (χ3v) is 5.68. The number of carbonyl (C=O) groups is 1. The lowest BCUT2D eigenvalue weighted by molar-refractivity contribution is -0.113. The Balaban J connectivity index is 1.62. The van der Waals surface area contributed by atoms with Crippen LogP contribution >= 0.6 is 11.8 Å². The summed E-state index contributed by atoms with van der Waals surface area (Å²) in [6.45, 7) is 7.29. The molecule has 1 atom stereocenters. The SMILES string of the molecule is CC[C@@H](C)c1ccccc1NC(=O)CSc1nnc(C2CC2)n1CC. The van der Waals surface area contributed by atoms with Crippen LogP contribution in [0.4, 0.5) is 5.69 Å². The first-order chi connectivity index (χ1) is 12.1. The van der Waals surface area contributed by atoms with Gasteiger partial charge < -0.3 is 9.88 Å². The average molecular weight is 359 g/mol. The normalized spacial score (nSPS) is 15.2. The number of thioether (sulfide) groups is 1. The molecule has 1 heterocycles. The van der Waals surface area contributed by atoms with Crippen molar-refractivity contribution in [1.82, 2.24) is 14.8 Å². The van der Waals surface area contributed by atoms with Crippen LogP contribution in [0.2, 0.25) is 0 Å². The standard InChI is InChI=1S/C19H26N4OS/c1-4-13(3)15-8-6-7-9-16(15)20-17(24)12-25-19-22-21-18(14-10-11-14)23(19)5-2/h6-9,13-14H,4-5,10-12H2,1-3H3,(H,20,24)/t13-/m1/s1. The van der Waals surface area contributed by atoms with Gasteiger partial charge in [-0.3, -0.25) is 4.79 Å². The molecule has 0 spiro atoms. The summed E-state index contributed by atoms with van der Waals surface area (Å²) >= 11 is 1.46. The minimum Gasteiger partial charge on any atom is -0.325 e. The molecule has 0 aliphatic heterocycles. The molecule has 134 valence electrons. The molecule has 25 heavy (non-hydrogen) atoms.